The van der Waals surface area contributed by atoms with Crippen molar-refractivity contribution in [2.75, 3.05) is 5.32 Å². The largest absolute Gasteiger partial charge is 0.368 e. The quantitative estimate of drug-likeness (QED) is 0.688. The second-order valence-electron chi connectivity index (χ2n) is 5.49. The van der Waals surface area contributed by atoms with Crippen molar-refractivity contribution in [2.45, 2.75) is 19.4 Å². The van der Waals surface area contributed by atoms with Crippen molar-refractivity contribution in [3.8, 4) is 0 Å². The first-order chi connectivity index (χ1) is 11.9. The van der Waals surface area contributed by atoms with E-state index in [9.17, 15) is 14.4 Å². The Morgan fingerprint density at radius 1 is 1.12 bits per heavy atom. The van der Waals surface area contributed by atoms with E-state index in [1.807, 2.05) is 24.3 Å². The number of hydrogen-bond donors (Lipinski definition) is 3. The number of nitrogens with two attached hydrogens (primary N) is 1. The van der Waals surface area contributed by atoms with Crippen LogP contribution in [-0.2, 0) is 16.0 Å². The smallest absolute Gasteiger partial charge is 0.252 e. The number of halogens is 1. The summed E-state index contributed by atoms with van der Waals surface area (Å²) in [7, 11) is 0. The van der Waals surface area contributed by atoms with Gasteiger partial charge in [0, 0.05) is 29.1 Å². The minimum absolute atomic E-state index is 0.235. The molecule has 130 valence electrons. The second-order valence-corrected chi connectivity index (χ2v) is 6.34. The van der Waals surface area contributed by atoms with Crippen LogP contribution >= 0.6 is 15.9 Å². The Kier molecular flexibility index (Phi) is 6.30. The number of carbonyl (C=O) groups excluding carboxylic acids is 3. The summed E-state index contributed by atoms with van der Waals surface area (Å²) in [4.78, 5) is 35.3. The van der Waals surface area contributed by atoms with E-state index in [1.165, 1.54) is 13.0 Å². The van der Waals surface area contributed by atoms with Gasteiger partial charge in [-0.25, -0.2) is 0 Å². The number of nitrogens with one attached hydrogen (secondary N) is 2. The molecule has 0 saturated carbocycles. The number of amides is 3. The molecule has 0 aliphatic rings. The number of carbonyl (C=O) groups is 3. The molecule has 0 unspecified atom stereocenters. The molecule has 25 heavy (non-hydrogen) atoms. The van der Waals surface area contributed by atoms with Gasteiger partial charge >= 0.3 is 0 Å². The van der Waals surface area contributed by atoms with E-state index in [-0.39, 0.29) is 12.3 Å². The molecule has 0 aliphatic carbocycles. The maximum Gasteiger partial charge on any atom is 0.252 e. The zero-order valence-electron chi connectivity index (χ0n) is 13.6. The number of anilines is 1. The second kappa shape index (κ2) is 8.43. The third-order valence-electron chi connectivity index (χ3n) is 3.48. The van der Waals surface area contributed by atoms with E-state index in [0.29, 0.717) is 11.3 Å². The van der Waals surface area contributed by atoms with E-state index in [0.717, 1.165) is 10.0 Å². The average molecular weight is 404 g/mol. The molecule has 0 saturated heterocycles. The molecule has 3 amide bonds. The third-order valence-corrected chi connectivity index (χ3v) is 4.25. The summed E-state index contributed by atoms with van der Waals surface area (Å²) in [5, 5.41) is 5.25. The molecule has 0 bridgehead atoms. The van der Waals surface area contributed by atoms with Crippen molar-refractivity contribution in [3.63, 3.8) is 0 Å². The summed E-state index contributed by atoms with van der Waals surface area (Å²) in [5.41, 5.74) is 7.12. The van der Waals surface area contributed by atoms with Crippen LogP contribution in [0.1, 0.15) is 22.8 Å². The topological polar surface area (TPSA) is 101 Å². The van der Waals surface area contributed by atoms with Gasteiger partial charge in [0.2, 0.25) is 11.8 Å². The summed E-state index contributed by atoms with van der Waals surface area (Å²) in [6.45, 7) is 1.38. The Labute approximate surface area is 153 Å². The first-order valence-electron chi connectivity index (χ1n) is 7.58. The molecule has 0 aliphatic heterocycles. The monoisotopic (exact) mass is 403 g/mol. The molecular formula is C18H18BrN3O3. The highest BCUT2D eigenvalue weighted by molar-refractivity contribution is 9.10. The lowest BCUT2D eigenvalue weighted by molar-refractivity contribution is -0.119. The lowest BCUT2D eigenvalue weighted by atomic mass is 10.0. The number of primary amides is 1. The molecule has 1 atom stereocenters. The van der Waals surface area contributed by atoms with Crippen LogP contribution < -0.4 is 16.4 Å². The summed E-state index contributed by atoms with van der Waals surface area (Å²) in [6, 6.07) is 13.0. The van der Waals surface area contributed by atoms with Crippen LogP contribution in [0.5, 0.6) is 0 Å². The SMILES string of the molecule is CC(=O)Nc1cccc(C(=O)N[C@H](Cc2ccccc2Br)C(N)=O)c1. The minimum atomic E-state index is -0.851. The molecule has 0 heterocycles. The maximum atomic E-state index is 12.4. The van der Waals surface area contributed by atoms with Crippen LogP contribution in [0.25, 0.3) is 0 Å². The van der Waals surface area contributed by atoms with Gasteiger partial charge in [-0.3, -0.25) is 14.4 Å². The first-order valence-corrected chi connectivity index (χ1v) is 8.37. The summed E-state index contributed by atoms with van der Waals surface area (Å²) < 4.78 is 0.836. The van der Waals surface area contributed by atoms with Crippen LogP contribution in [0.15, 0.2) is 53.0 Å². The fourth-order valence-electron chi connectivity index (χ4n) is 2.29. The molecule has 7 heteroatoms. The Hall–Kier alpha value is -2.67. The fourth-order valence-corrected chi connectivity index (χ4v) is 2.74. The van der Waals surface area contributed by atoms with Crippen molar-refractivity contribution in [2.24, 2.45) is 5.73 Å². The highest BCUT2D eigenvalue weighted by Crippen LogP contribution is 2.18. The van der Waals surface area contributed by atoms with Gasteiger partial charge in [0.15, 0.2) is 0 Å². The number of benzene rings is 2. The predicted octanol–water partition coefficient (Wildman–Crippen LogP) is 2.23. The van der Waals surface area contributed by atoms with Gasteiger partial charge in [0.25, 0.3) is 5.91 Å². The molecule has 0 aromatic heterocycles. The lowest BCUT2D eigenvalue weighted by Crippen LogP contribution is -2.45. The lowest BCUT2D eigenvalue weighted by Gasteiger charge is -2.17. The van der Waals surface area contributed by atoms with Gasteiger partial charge in [0.05, 0.1) is 0 Å². The third kappa shape index (κ3) is 5.42. The fraction of sp³-hybridized carbons (Fsp3) is 0.167. The van der Waals surface area contributed by atoms with Crippen molar-refractivity contribution in [1.82, 2.24) is 5.32 Å². The Morgan fingerprint density at radius 2 is 1.84 bits per heavy atom. The molecular weight excluding hydrogens is 386 g/mol. The Morgan fingerprint density at radius 3 is 2.48 bits per heavy atom. The van der Waals surface area contributed by atoms with E-state index in [1.54, 1.807) is 18.2 Å². The zero-order chi connectivity index (χ0) is 18.4. The van der Waals surface area contributed by atoms with Gasteiger partial charge < -0.3 is 16.4 Å². The Balaban J connectivity index is 2.14. The van der Waals surface area contributed by atoms with Gasteiger partial charge in [-0.2, -0.15) is 0 Å². The molecule has 0 spiro atoms. The average Bonchev–Trinajstić information content (AvgIpc) is 2.55. The van der Waals surface area contributed by atoms with Crippen LogP contribution in [0.3, 0.4) is 0 Å². The molecule has 0 radical (unpaired) electrons. The van der Waals surface area contributed by atoms with E-state index < -0.39 is 17.9 Å². The normalized spacial score (nSPS) is 11.4. The van der Waals surface area contributed by atoms with Crippen molar-refractivity contribution in [1.29, 1.82) is 0 Å². The van der Waals surface area contributed by atoms with Crippen molar-refractivity contribution in [3.05, 3.63) is 64.1 Å². The molecule has 2 aromatic carbocycles. The Bertz CT molecular complexity index is 808. The number of rotatable bonds is 6. The summed E-state index contributed by atoms with van der Waals surface area (Å²) in [6.07, 6.45) is 0.272. The van der Waals surface area contributed by atoms with Gasteiger partial charge in [-0.1, -0.05) is 40.2 Å². The molecule has 2 rings (SSSR count). The van der Waals surface area contributed by atoms with E-state index in [2.05, 4.69) is 26.6 Å². The number of hydrogen-bond acceptors (Lipinski definition) is 3. The highest BCUT2D eigenvalue weighted by atomic mass is 79.9. The van der Waals surface area contributed by atoms with Crippen LogP contribution in [-0.4, -0.2) is 23.8 Å². The highest BCUT2D eigenvalue weighted by Gasteiger charge is 2.20. The molecule has 2 aromatic rings. The van der Waals surface area contributed by atoms with Gasteiger partial charge in [-0.05, 0) is 29.8 Å². The molecule has 4 N–H and O–H groups in total. The van der Waals surface area contributed by atoms with E-state index in [4.69, 9.17) is 5.73 Å². The molecule has 0 fully saturated rings. The van der Waals surface area contributed by atoms with E-state index >= 15 is 0 Å². The van der Waals surface area contributed by atoms with Crippen LogP contribution in [0, 0.1) is 0 Å². The van der Waals surface area contributed by atoms with Gasteiger partial charge in [-0.15, -0.1) is 0 Å². The standard InChI is InChI=1S/C18H18BrN3O3/c1-11(23)21-14-7-4-6-13(9-14)18(25)22-16(17(20)24)10-12-5-2-3-8-15(12)19/h2-9,16H,10H2,1H3,(H2,20,24)(H,21,23)(H,22,25)/t16-/m1/s1. The summed E-state index contributed by atoms with van der Waals surface area (Å²) >= 11 is 3.41. The summed E-state index contributed by atoms with van der Waals surface area (Å²) in [5.74, 6) is -1.30. The minimum Gasteiger partial charge on any atom is -0.368 e. The predicted molar refractivity (Wildman–Crippen MR) is 99.0 cm³/mol. The van der Waals surface area contributed by atoms with Crippen LogP contribution in [0.4, 0.5) is 5.69 Å². The van der Waals surface area contributed by atoms with Crippen LogP contribution in [0.2, 0.25) is 0 Å². The maximum absolute atomic E-state index is 12.4. The molecule has 6 nitrogen and oxygen atoms in total. The first kappa shape index (κ1) is 18.7. The van der Waals surface area contributed by atoms with Crippen molar-refractivity contribution >= 4 is 39.3 Å². The van der Waals surface area contributed by atoms with Gasteiger partial charge in [0.1, 0.15) is 6.04 Å². The zero-order valence-corrected chi connectivity index (χ0v) is 15.2. The van der Waals surface area contributed by atoms with Crippen molar-refractivity contribution < 1.29 is 14.4 Å².